The van der Waals surface area contributed by atoms with Gasteiger partial charge in [-0.15, -0.1) is 0 Å². The SMILES string of the molecule is C[C@@H](NC(=O)C(C)(C)C)c1ccccc1[S@@](=O)C1CCCCCCCCC1=O. The van der Waals surface area contributed by atoms with Crippen LogP contribution in [0.3, 0.4) is 0 Å². The summed E-state index contributed by atoms with van der Waals surface area (Å²) in [5, 5.41) is 2.59. The Morgan fingerprint density at radius 2 is 1.68 bits per heavy atom. The van der Waals surface area contributed by atoms with Crippen LogP contribution >= 0.6 is 0 Å². The molecule has 0 saturated heterocycles. The number of amides is 1. The molecule has 1 aromatic carbocycles. The van der Waals surface area contributed by atoms with Crippen molar-refractivity contribution < 1.29 is 13.8 Å². The molecule has 2 rings (SSSR count). The second kappa shape index (κ2) is 10.3. The van der Waals surface area contributed by atoms with Crippen molar-refractivity contribution in [2.75, 3.05) is 0 Å². The molecular weight excluding hydrogens is 370 g/mol. The Kier molecular flexibility index (Phi) is 8.41. The first kappa shape index (κ1) is 22.8. The number of hydrogen-bond acceptors (Lipinski definition) is 3. The number of Topliss-reactive ketones (excluding diaryl/α,β-unsaturated/α-hetero) is 1. The van der Waals surface area contributed by atoms with Gasteiger partial charge in [0.25, 0.3) is 0 Å². The molecule has 0 aliphatic heterocycles. The third kappa shape index (κ3) is 6.26. The average molecular weight is 406 g/mol. The summed E-state index contributed by atoms with van der Waals surface area (Å²) in [7, 11) is -1.40. The highest BCUT2D eigenvalue weighted by molar-refractivity contribution is 7.86. The van der Waals surface area contributed by atoms with Crippen molar-refractivity contribution >= 4 is 22.5 Å². The Labute approximate surface area is 172 Å². The summed E-state index contributed by atoms with van der Waals surface area (Å²) in [5.74, 6) is 0.0803. The number of carbonyl (C=O) groups is 2. The van der Waals surface area contributed by atoms with E-state index >= 15 is 0 Å². The summed E-state index contributed by atoms with van der Waals surface area (Å²) in [6.45, 7) is 7.53. The molecular formula is C23H35NO3S. The van der Waals surface area contributed by atoms with Crippen LogP contribution in [0, 0.1) is 5.41 Å². The van der Waals surface area contributed by atoms with Crippen LogP contribution in [0.25, 0.3) is 0 Å². The van der Waals surface area contributed by atoms with Gasteiger partial charge in [-0.05, 0) is 31.4 Å². The molecule has 1 N–H and O–H groups in total. The van der Waals surface area contributed by atoms with E-state index in [1.807, 2.05) is 52.0 Å². The first-order valence-electron chi connectivity index (χ1n) is 10.5. The highest BCUT2D eigenvalue weighted by Crippen LogP contribution is 2.28. The van der Waals surface area contributed by atoms with Crippen LogP contribution in [0.5, 0.6) is 0 Å². The summed E-state index contributed by atoms with van der Waals surface area (Å²) in [4.78, 5) is 25.9. The molecule has 0 heterocycles. The number of carbonyl (C=O) groups excluding carboxylic acids is 2. The normalized spacial score (nSPS) is 21.6. The third-order valence-corrected chi connectivity index (χ3v) is 7.21. The maximum atomic E-state index is 13.5. The number of benzene rings is 1. The van der Waals surface area contributed by atoms with Gasteiger partial charge in [-0.25, -0.2) is 0 Å². The molecule has 156 valence electrons. The van der Waals surface area contributed by atoms with E-state index in [0.717, 1.165) is 31.2 Å². The third-order valence-electron chi connectivity index (χ3n) is 5.39. The maximum Gasteiger partial charge on any atom is 0.225 e. The molecule has 0 aromatic heterocycles. The Balaban J connectivity index is 2.24. The summed E-state index contributed by atoms with van der Waals surface area (Å²) < 4.78 is 13.5. The minimum absolute atomic E-state index is 0.0460. The van der Waals surface area contributed by atoms with E-state index in [1.165, 1.54) is 12.8 Å². The van der Waals surface area contributed by atoms with Crippen molar-refractivity contribution in [1.82, 2.24) is 5.32 Å². The second-order valence-electron chi connectivity index (χ2n) is 8.90. The summed E-state index contributed by atoms with van der Waals surface area (Å²) >= 11 is 0. The molecule has 0 bridgehead atoms. The van der Waals surface area contributed by atoms with Crippen molar-refractivity contribution in [3.63, 3.8) is 0 Å². The van der Waals surface area contributed by atoms with Crippen molar-refractivity contribution in [2.45, 2.75) is 95.2 Å². The predicted octanol–water partition coefficient (Wildman–Crippen LogP) is 5.09. The van der Waals surface area contributed by atoms with Gasteiger partial charge < -0.3 is 5.32 Å². The zero-order chi connectivity index (χ0) is 20.7. The van der Waals surface area contributed by atoms with Gasteiger partial charge in [0, 0.05) is 16.7 Å². The highest BCUT2D eigenvalue weighted by atomic mass is 32.2. The van der Waals surface area contributed by atoms with Gasteiger partial charge in [0.2, 0.25) is 5.91 Å². The lowest BCUT2D eigenvalue weighted by Gasteiger charge is -2.24. The molecule has 5 heteroatoms. The lowest BCUT2D eigenvalue weighted by Crippen LogP contribution is -2.37. The largest absolute Gasteiger partial charge is 0.349 e. The molecule has 1 fully saturated rings. The molecule has 0 radical (unpaired) electrons. The first-order valence-corrected chi connectivity index (χ1v) is 11.8. The van der Waals surface area contributed by atoms with Crippen LogP contribution in [-0.2, 0) is 20.4 Å². The molecule has 1 aliphatic carbocycles. The van der Waals surface area contributed by atoms with Gasteiger partial charge in [-0.2, -0.15) is 0 Å². The molecule has 1 amide bonds. The fourth-order valence-electron chi connectivity index (χ4n) is 3.55. The Hall–Kier alpha value is -1.49. The van der Waals surface area contributed by atoms with Gasteiger partial charge in [0.15, 0.2) is 0 Å². The van der Waals surface area contributed by atoms with Crippen molar-refractivity contribution in [3.8, 4) is 0 Å². The smallest absolute Gasteiger partial charge is 0.225 e. The predicted molar refractivity (Wildman–Crippen MR) is 115 cm³/mol. The van der Waals surface area contributed by atoms with E-state index in [1.54, 1.807) is 0 Å². The minimum Gasteiger partial charge on any atom is -0.349 e. The van der Waals surface area contributed by atoms with Crippen LogP contribution in [0.15, 0.2) is 29.2 Å². The summed E-state index contributed by atoms with van der Waals surface area (Å²) in [5.41, 5.74) is 0.345. The van der Waals surface area contributed by atoms with Crippen LogP contribution in [-0.4, -0.2) is 21.1 Å². The molecule has 1 unspecified atom stereocenters. The number of hydrogen-bond donors (Lipinski definition) is 1. The number of nitrogens with one attached hydrogen (secondary N) is 1. The first-order chi connectivity index (χ1) is 13.2. The molecule has 4 nitrogen and oxygen atoms in total. The van der Waals surface area contributed by atoms with E-state index in [2.05, 4.69) is 5.32 Å². The Morgan fingerprint density at radius 1 is 1.07 bits per heavy atom. The second-order valence-corrected chi connectivity index (χ2v) is 10.5. The molecule has 1 aromatic rings. The highest BCUT2D eigenvalue weighted by Gasteiger charge is 2.29. The van der Waals surface area contributed by atoms with Crippen molar-refractivity contribution in [2.24, 2.45) is 5.41 Å². The molecule has 28 heavy (non-hydrogen) atoms. The van der Waals surface area contributed by atoms with E-state index in [-0.39, 0.29) is 17.7 Å². The van der Waals surface area contributed by atoms with Crippen molar-refractivity contribution in [1.29, 1.82) is 0 Å². The molecule has 3 atom stereocenters. The van der Waals surface area contributed by atoms with Crippen LogP contribution in [0.4, 0.5) is 0 Å². The van der Waals surface area contributed by atoms with Crippen molar-refractivity contribution in [3.05, 3.63) is 29.8 Å². The summed E-state index contributed by atoms with van der Waals surface area (Å²) in [6.07, 6.45) is 7.61. The van der Waals surface area contributed by atoms with Gasteiger partial charge in [-0.3, -0.25) is 13.8 Å². The Bertz CT molecular complexity index is 708. The van der Waals surface area contributed by atoms with Gasteiger partial charge in [-0.1, -0.05) is 71.1 Å². The lowest BCUT2D eigenvalue weighted by molar-refractivity contribution is -0.129. The monoisotopic (exact) mass is 405 g/mol. The number of rotatable bonds is 4. The quantitative estimate of drug-likeness (QED) is 0.759. The van der Waals surface area contributed by atoms with Gasteiger partial charge >= 0.3 is 0 Å². The van der Waals surface area contributed by atoms with E-state index in [9.17, 15) is 13.8 Å². The zero-order valence-corrected chi connectivity index (χ0v) is 18.6. The van der Waals surface area contributed by atoms with E-state index < -0.39 is 21.5 Å². The van der Waals surface area contributed by atoms with Gasteiger partial charge in [0.1, 0.15) is 5.78 Å². The lowest BCUT2D eigenvalue weighted by atomic mass is 9.94. The van der Waals surface area contributed by atoms with E-state index in [4.69, 9.17) is 0 Å². The minimum atomic E-state index is -1.40. The Morgan fingerprint density at radius 3 is 2.36 bits per heavy atom. The zero-order valence-electron chi connectivity index (χ0n) is 17.8. The van der Waals surface area contributed by atoms with E-state index in [0.29, 0.717) is 17.7 Å². The van der Waals surface area contributed by atoms with Gasteiger partial charge in [0.05, 0.1) is 22.1 Å². The molecule has 1 saturated carbocycles. The fourth-order valence-corrected chi connectivity index (χ4v) is 5.28. The fraction of sp³-hybridized carbons (Fsp3) is 0.652. The van der Waals surface area contributed by atoms with Crippen LogP contribution in [0.2, 0.25) is 0 Å². The average Bonchev–Trinajstić information content (AvgIpc) is 2.65. The topological polar surface area (TPSA) is 63.2 Å². The molecule has 0 spiro atoms. The number of ketones is 1. The van der Waals surface area contributed by atoms with Crippen LogP contribution in [0.1, 0.15) is 90.7 Å². The standard InChI is InChI=1S/C23H35NO3S/c1-17(24-22(26)23(2,3)4)18-13-11-12-15-20(18)28(27)21-16-10-8-6-5-7-9-14-19(21)25/h11-13,15,17,21H,5-10,14,16H2,1-4H3,(H,24,26)/t17-,21?,28-/m1/s1. The molecule has 1 aliphatic rings. The maximum absolute atomic E-state index is 13.5. The summed E-state index contributed by atoms with van der Waals surface area (Å²) in [6, 6.07) is 7.24. The van der Waals surface area contributed by atoms with Crippen LogP contribution < -0.4 is 5.32 Å².